The number of nitriles is 1. The van der Waals surface area contributed by atoms with Crippen LogP contribution in [0.1, 0.15) is 33.6 Å². The molecule has 4 heteroatoms. The van der Waals surface area contributed by atoms with Crippen molar-refractivity contribution in [2.45, 2.75) is 39.2 Å². The van der Waals surface area contributed by atoms with E-state index in [1.165, 1.54) is 0 Å². The van der Waals surface area contributed by atoms with Crippen molar-refractivity contribution in [3.63, 3.8) is 0 Å². The molecule has 0 bridgehead atoms. The third-order valence-corrected chi connectivity index (χ3v) is 3.19. The van der Waals surface area contributed by atoms with Crippen LogP contribution in [0, 0.1) is 16.7 Å². The standard InChI is InChI=1S/C11H18N2O2/c1-10(2,3)13-6-4-11(8-12,5-7-13)9(14)15/h4-7H2,1-3H3,(H,14,15). The van der Waals surface area contributed by atoms with Crippen molar-refractivity contribution >= 4 is 5.97 Å². The summed E-state index contributed by atoms with van der Waals surface area (Å²) < 4.78 is 0. The maximum absolute atomic E-state index is 11.0. The van der Waals surface area contributed by atoms with Crippen LogP contribution in [0.5, 0.6) is 0 Å². The van der Waals surface area contributed by atoms with Gasteiger partial charge in [0.2, 0.25) is 0 Å². The van der Waals surface area contributed by atoms with Gasteiger partial charge in [0.05, 0.1) is 6.07 Å². The smallest absolute Gasteiger partial charge is 0.324 e. The number of rotatable bonds is 1. The number of piperidine rings is 1. The molecular weight excluding hydrogens is 192 g/mol. The Kier molecular flexibility index (Phi) is 3.05. The summed E-state index contributed by atoms with van der Waals surface area (Å²) in [5.74, 6) is -0.974. The summed E-state index contributed by atoms with van der Waals surface area (Å²) in [4.78, 5) is 13.3. The van der Waals surface area contributed by atoms with E-state index < -0.39 is 11.4 Å². The summed E-state index contributed by atoms with van der Waals surface area (Å²) in [6, 6.07) is 1.96. The maximum atomic E-state index is 11.0. The van der Waals surface area contributed by atoms with E-state index in [2.05, 4.69) is 25.7 Å². The highest BCUT2D eigenvalue weighted by Gasteiger charge is 2.43. The quantitative estimate of drug-likeness (QED) is 0.712. The molecule has 1 N–H and O–H groups in total. The van der Waals surface area contributed by atoms with Crippen LogP contribution >= 0.6 is 0 Å². The van der Waals surface area contributed by atoms with Gasteiger partial charge >= 0.3 is 5.97 Å². The highest BCUT2D eigenvalue weighted by atomic mass is 16.4. The van der Waals surface area contributed by atoms with Crippen LogP contribution < -0.4 is 0 Å². The fourth-order valence-electron chi connectivity index (χ4n) is 1.93. The zero-order chi connectivity index (χ0) is 11.7. The minimum atomic E-state index is -1.15. The second kappa shape index (κ2) is 3.82. The van der Waals surface area contributed by atoms with Crippen molar-refractivity contribution < 1.29 is 9.90 Å². The van der Waals surface area contributed by atoms with Crippen molar-refractivity contribution in [1.29, 1.82) is 5.26 Å². The minimum Gasteiger partial charge on any atom is -0.480 e. The Morgan fingerprint density at radius 3 is 2.13 bits per heavy atom. The number of hydrogen-bond donors (Lipinski definition) is 1. The number of nitrogens with zero attached hydrogens (tertiary/aromatic N) is 2. The second-order valence-corrected chi connectivity index (χ2v) is 5.16. The number of carbonyl (C=O) groups is 1. The van der Waals surface area contributed by atoms with E-state index in [0.717, 1.165) is 0 Å². The van der Waals surface area contributed by atoms with Crippen LogP contribution in [-0.2, 0) is 4.79 Å². The van der Waals surface area contributed by atoms with E-state index in [1.807, 2.05) is 6.07 Å². The largest absolute Gasteiger partial charge is 0.480 e. The van der Waals surface area contributed by atoms with Crippen molar-refractivity contribution in [3.8, 4) is 6.07 Å². The molecule has 0 amide bonds. The van der Waals surface area contributed by atoms with Gasteiger partial charge in [-0.2, -0.15) is 5.26 Å². The summed E-state index contributed by atoms with van der Waals surface area (Å²) in [5.41, 5.74) is -1.10. The number of hydrogen-bond acceptors (Lipinski definition) is 3. The first kappa shape index (κ1) is 12.0. The Bertz CT molecular complexity index is 291. The molecule has 1 rings (SSSR count). The van der Waals surface area contributed by atoms with Gasteiger partial charge in [0.25, 0.3) is 0 Å². The molecule has 1 heterocycles. The Morgan fingerprint density at radius 2 is 1.87 bits per heavy atom. The first-order valence-electron chi connectivity index (χ1n) is 5.21. The molecule has 0 aromatic rings. The lowest BCUT2D eigenvalue weighted by atomic mass is 9.79. The number of carboxylic acids is 1. The van der Waals surface area contributed by atoms with Crippen LogP contribution in [0.25, 0.3) is 0 Å². The Hall–Kier alpha value is -1.08. The third-order valence-electron chi connectivity index (χ3n) is 3.19. The van der Waals surface area contributed by atoms with Crippen molar-refractivity contribution in [3.05, 3.63) is 0 Å². The molecule has 15 heavy (non-hydrogen) atoms. The first-order valence-corrected chi connectivity index (χ1v) is 5.21. The van der Waals surface area contributed by atoms with Crippen LogP contribution in [-0.4, -0.2) is 34.6 Å². The Labute approximate surface area is 90.5 Å². The SMILES string of the molecule is CC(C)(C)N1CCC(C#N)(C(=O)O)CC1. The minimum absolute atomic E-state index is 0.0557. The average Bonchev–Trinajstić information content (AvgIpc) is 2.16. The van der Waals surface area contributed by atoms with Crippen molar-refractivity contribution in [1.82, 2.24) is 4.90 Å². The normalized spacial score (nSPS) is 22.0. The summed E-state index contributed by atoms with van der Waals surface area (Å²) >= 11 is 0. The average molecular weight is 210 g/mol. The molecule has 0 spiro atoms. The van der Waals surface area contributed by atoms with E-state index in [9.17, 15) is 4.79 Å². The van der Waals surface area contributed by atoms with Gasteiger partial charge in [-0.3, -0.25) is 9.69 Å². The second-order valence-electron chi connectivity index (χ2n) is 5.16. The molecule has 4 nitrogen and oxygen atoms in total. The third kappa shape index (κ3) is 2.29. The van der Waals surface area contributed by atoms with Gasteiger partial charge in [0.15, 0.2) is 5.41 Å². The lowest BCUT2D eigenvalue weighted by molar-refractivity contribution is -0.148. The fraction of sp³-hybridized carbons (Fsp3) is 0.818. The highest BCUT2D eigenvalue weighted by Crippen LogP contribution is 2.33. The lowest BCUT2D eigenvalue weighted by Gasteiger charge is -2.42. The van der Waals surface area contributed by atoms with Crippen molar-refractivity contribution in [2.24, 2.45) is 5.41 Å². The Morgan fingerprint density at radius 1 is 1.40 bits per heavy atom. The van der Waals surface area contributed by atoms with E-state index >= 15 is 0 Å². The number of carboxylic acid groups (broad SMARTS) is 1. The first-order chi connectivity index (χ1) is 6.82. The molecule has 0 saturated carbocycles. The Balaban J connectivity index is 2.71. The topological polar surface area (TPSA) is 64.3 Å². The molecule has 84 valence electrons. The molecule has 0 atom stereocenters. The molecule has 1 saturated heterocycles. The van der Waals surface area contributed by atoms with E-state index in [4.69, 9.17) is 10.4 Å². The van der Waals surface area contributed by atoms with Gasteiger partial charge in [-0.1, -0.05) is 0 Å². The van der Waals surface area contributed by atoms with Crippen LogP contribution in [0.4, 0.5) is 0 Å². The molecular formula is C11H18N2O2. The van der Waals surface area contributed by atoms with Gasteiger partial charge in [-0.15, -0.1) is 0 Å². The lowest BCUT2D eigenvalue weighted by Crippen LogP contribution is -2.50. The molecule has 0 aromatic heterocycles. The molecule has 0 aliphatic carbocycles. The summed E-state index contributed by atoms with van der Waals surface area (Å²) in [6.45, 7) is 7.68. The monoisotopic (exact) mass is 210 g/mol. The molecule has 0 unspecified atom stereocenters. The van der Waals surface area contributed by atoms with Crippen LogP contribution in [0.3, 0.4) is 0 Å². The van der Waals surface area contributed by atoms with E-state index in [-0.39, 0.29) is 5.54 Å². The molecule has 0 radical (unpaired) electrons. The van der Waals surface area contributed by atoms with E-state index in [1.54, 1.807) is 0 Å². The van der Waals surface area contributed by atoms with Gasteiger partial charge < -0.3 is 5.11 Å². The zero-order valence-electron chi connectivity index (χ0n) is 9.58. The van der Waals surface area contributed by atoms with Gasteiger partial charge in [-0.05, 0) is 33.6 Å². The summed E-state index contributed by atoms with van der Waals surface area (Å²) in [6.07, 6.45) is 0.853. The van der Waals surface area contributed by atoms with Gasteiger partial charge in [0.1, 0.15) is 0 Å². The van der Waals surface area contributed by atoms with Gasteiger partial charge in [-0.25, -0.2) is 0 Å². The molecule has 1 fully saturated rings. The molecule has 0 aromatic carbocycles. The summed E-state index contributed by atoms with van der Waals surface area (Å²) in [5, 5.41) is 18.0. The predicted octanol–water partition coefficient (Wildman–Crippen LogP) is 1.48. The maximum Gasteiger partial charge on any atom is 0.324 e. The van der Waals surface area contributed by atoms with E-state index in [0.29, 0.717) is 25.9 Å². The fourth-order valence-corrected chi connectivity index (χ4v) is 1.93. The predicted molar refractivity (Wildman–Crippen MR) is 56.2 cm³/mol. The summed E-state index contributed by atoms with van der Waals surface area (Å²) in [7, 11) is 0. The van der Waals surface area contributed by atoms with Crippen LogP contribution in [0.2, 0.25) is 0 Å². The zero-order valence-corrected chi connectivity index (χ0v) is 9.58. The highest BCUT2D eigenvalue weighted by molar-refractivity contribution is 5.78. The molecule has 1 aliphatic heterocycles. The molecule has 1 aliphatic rings. The van der Waals surface area contributed by atoms with Crippen LogP contribution in [0.15, 0.2) is 0 Å². The van der Waals surface area contributed by atoms with Gasteiger partial charge in [0, 0.05) is 18.6 Å². The van der Waals surface area contributed by atoms with Crippen molar-refractivity contribution in [2.75, 3.05) is 13.1 Å². The number of likely N-dealkylation sites (tertiary alicyclic amines) is 1. The number of aliphatic carboxylic acids is 1.